The number of amides is 2. The van der Waals surface area contributed by atoms with Crippen molar-refractivity contribution in [3.63, 3.8) is 0 Å². The van der Waals surface area contributed by atoms with Crippen molar-refractivity contribution in [1.82, 2.24) is 9.62 Å². The second-order valence-electron chi connectivity index (χ2n) is 4.48. The van der Waals surface area contributed by atoms with Crippen LogP contribution in [-0.4, -0.2) is 62.1 Å². The van der Waals surface area contributed by atoms with Gasteiger partial charge in [-0.3, -0.25) is 18.7 Å². The summed E-state index contributed by atoms with van der Waals surface area (Å²) in [6, 6.07) is -3.43. The summed E-state index contributed by atoms with van der Waals surface area (Å²) in [5.41, 5.74) is 5.26. The van der Waals surface area contributed by atoms with Crippen LogP contribution in [0, 0.1) is 0 Å². The molecular weight excluding hydrogens is 334 g/mol. The Labute approximate surface area is 138 Å². The van der Waals surface area contributed by atoms with Gasteiger partial charge in [-0.1, -0.05) is 12.8 Å². The zero-order chi connectivity index (χ0) is 17.4. The second kappa shape index (κ2) is 9.54. The summed E-state index contributed by atoms with van der Waals surface area (Å²) in [7, 11) is 0. The molecule has 0 spiro atoms. The number of nitrogens with two attached hydrogens (primary N) is 1. The van der Waals surface area contributed by atoms with Crippen LogP contribution in [0.2, 0.25) is 0 Å². The van der Waals surface area contributed by atoms with Gasteiger partial charge in [-0.15, -0.1) is 0 Å². The van der Waals surface area contributed by atoms with Crippen molar-refractivity contribution >= 4 is 49.2 Å². The number of nitrogens with zero attached hydrogens (tertiary/aromatic N) is 1. The molecule has 0 bridgehead atoms. The maximum Gasteiger partial charge on any atom is 0.327 e. The fraction of sp³-hybridized carbons (Fsp3) is 0.636. The van der Waals surface area contributed by atoms with Gasteiger partial charge in [-0.25, -0.2) is 4.79 Å². The molecule has 0 aromatic rings. The van der Waals surface area contributed by atoms with E-state index in [1.165, 1.54) is 6.92 Å². The van der Waals surface area contributed by atoms with Crippen LogP contribution in [0.15, 0.2) is 0 Å². The van der Waals surface area contributed by atoms with E-state index in [9.17, 15) is 19.2 Å². The Morgan fingerprint density at radius 1 is 1.23 bits per heavy atom. The summed E-state index contributed by atoms with van der Waals surface area (Å²) in [6.07, 6.45) is -0.281. The van der Waals surface area contributed by atoms with Crippen molar-refractivity contribution < 1.29 is 29.4 Å². The third-order valence-electron chi connectivity index (χ3n) is 2.77. The van der Waals surface area contributed by atoms with E-state index in [1.807, 2.05) is 0 Å². The third-order valence-corrected chi connectivity index (χ3v) is 3.67. The van der Waals surface area contributed by atoms with Gasteiger partial charge in [0.1, 0.15) is 18.1 Å². The van der Waals surface area contributed by atoms with Gasteiger partial charge in [0.2, 0.25) is 5.91 Å². The molecule has 0 aliphatic rings. The van der Waals surface area contributed by atoms with Crippen LogP contribution in [0.1, 0.15) is 19.8 Å². The first kappa shape index (κ1) is 20.5. The maximum absolute atomic E-state index is 12.0. The number of carboxylic acid groups (broad SMARTS) is 2. The van der Waals surface area contributed by atoms with Gasteiger partial charge in [0.05, 0.1) is 0 Å². The van der Waals surface area contributed by atoms with Crippen LogP contribution in [0.4, 0.5) is 0 Å². The number of hydrogen-bond acceptors (Lipinski definition) is 7. The highest BCUT2D eigenvalue weighted by Gasteiger charge is 2.29. The molecule has 0 aromatic heterocycles. The van der Waals surface area contributed by atoms with Gasteiger partial charge in [-0.2, -0.15) is 12.6 Å². The number of rotatable bonds is 9. The highest BCUT2D eigenvalue weighted by atomic mass is 32.1. The standard InChI is InChI=1S/C11H19N3O6S2/c1-5(10(17)18)14(22)9(16)7(4-21)13-8(15)3-2-6(12)11(19)20/h5-7,21-22H,2-4,12H2,1H3,(H,13,15)(H,17,18)(H,19,20). The van der Waals surface area contributed by atoms with Crippen LogP contribution >= 0.6 is 25.4 Å². The SMILES string of the molecule is CC(C(=O)O)N(S)C(=O)C(CS)NC(=O)CCC(N)C(=O)O. The van der Waals surface area contributed by atoms with Crippen LogP contribution in [-0.2, 0) is 19.2 Å². The summed E-state index contributed by atoms with van der Waals surface area (Å²) in [5, 5.41) is 19.8. The number of carboxylic acids is 2. The Morgan fingerprint density at radius 3 is 2.18 bits per heavy atom. The molecule has 0 rings (SSSR count). The molecule has 0 fully saturated rings. The Morgan fingerprint density at radius 2 is 1.77 bits per heavy atom. The number of aliphatic carboxylic acids is 2. The molecule has 3 unspecified atom stereocenters. The van der Waals surface area contributed by atoms with Crippen molar-refractivity contribution in [2.45, 2.75) is 37.9 Å². The minimum absolute atomic E-state index is 0.0705. The van der Waals surface area contributed by atoms with Gasteiger partial charge in [0.15, 0.2) is 0 Å². The highest BCUT2D eigenvalue weighted by Crippen LogP contribution is 2.08. The first-order valence-corrected chi connectivity index (χ1v) is 7.28. The van der Waals surface area contributed by atoms with E-state index in [0.717, 1.165) is 0 Å². The van der Waals surface area contributed by atoms with E-state index < -0.39 is 41.9 Å². The number of hydrogen-bond donors (Lipinski definition) is 6. The number of carbonyl (C=O) groups excluding carboxylic acids is 2. The molecule has 0 heterocycles. The monoisotopic (exact) mass is 353 g/mol. The minimum atomic E-state index is -1.25. The molecule has 0 aliphatic carbocycles. The van der Waals surface area contributed by atoms with Gasteiger partial charge >= 0.3 is 11.9 Å². The predicted octanol–water partition coefficient (Wildman–Crippen LogP) is -1.26. The van der Waals surface area contributed by atoms with Crippen LogP contribution < -0.4 is 11.1 Å². The fourth-order valence-corrected chi connectivity index (χ4v) is 1.80. The van der Waals surface area contributed by atoms with Crippen molar-refractivity contribution in [2.24, 2.45) is 5.73 Å². The third kappa shape index (κ3) is 6.54. The Hall–Kier alpha value is -1.46. The van der Waals surface area contributed by atoms with Crippen molar-refractivity contribution in [1.29, 1.82) is 0 Å². The summed E-state index contributed by atoms with van der Waals surface area (Å²) in [5.74, 6) is -3.87. The Kier molecular flexibility index (Phi) is 8.90. The number of nitrogens with one attached hydrogen (secondary N) is 1. The van der Waals surface area contributed by atoms with E-state index >= 15 is 0 Å². The molecule has 22 heavy (non-hydrogen) atoms. The highest BCUT2D eigenvalue weighted by molar-refractivity contribution is 7.80. The average Bonchev–Trinajstić information content (AvgIpc) is 2.47. The smallest absolute Gasteiger partial charge is 0.327 e. The minimum Gasteiger partial charge on any atom is -0.480 e. The molecule has 0 saturated heterocycles. The van der Waals surface area contributed by atoms with E-state index in [0.29, 0.717) is 4.31 Å². The maximum atomic E-state index is 12.0. The lowest BCUT2D eigenvalue weighted by atomic mass is 10.1. The number of thiol groups is 2. The first-order chi connectivity index (χ1) is 10.1. The first-order valence-electron chi connectivity index (χ1n) is 6.25. The van der Waals surface area contributed by atoms with E-state index in [2.05, 4.69) is 30.8 Å². The van der Waals surface area contributed by atoms with Crippen molar-refractivity contribution in [2.75, 3.05) is 5.75 Å². The molecule has 126 valence electrons. The van der Waals surface area contributed by atoms with Crippen molar-refractivity contribution in [3.05, 3.63) is 0 Å². The summed E-state index contributed by atoms with van der Waals surface area (Å²) in [4.78, 5) is 45.0. The quantitative estimate of drug-likeness (QED) is 0.283. The average molecular weight is 353 g/mol. The zero-order valence-corrected chi connectivity index (χ0v) is 13.6. The topological polar surface area (TPSA) is 150 Å². The second-order valence-corrected chi connectivity index (χ2v) is 5.28. The molecular formula is C11H19N3O6S2. The molecule has 0 aliphatic heterocycles. The molecule has 5 N–H and O–H groups in total. The Balaban J connectivity index is 4.58. The molecule has 2 amide bonds. The lowest BCUT2D eigenvalue weighted by Crippen LogP contribution is -2.50. The van der Waals surface area contributed by atoms with Crippen LogP contribution in [0.25, 0.3) is 0 Å². The van der Waals surface area contributed by atoms with E-state index in [4.69, 9.17) is 15.9 Å². The molecule has 0 saturated carbocycles. The van der Waals surface area contributed by atoms with Crippen LogP contribution in [0.5, 0.6) is 0 Å². The lowest BCUT2D eigenvalue weighted by molar-refractivity contribution is -0.145. The molecule has 9 nitrogen and oxygen atoms in total. The van der Waals surface area contributed by atoms with Gasteiger partial charge in [0, 0.05) is 12.2 Å². The lowest BCUT2D eigenvalue weighted by Gasteiger charge is -2.25. The normalized spacial score (nSPS) is 14.5. The molecule has 0 radical (unpaired) electrons. The van der Waals surface area contributed by atoms with Crippen LogP contribution in [0.3, 0.4) is 0 Å². The summed E-state index contributed by atoms with van der Waals surface area (Å²) < 4.78 is 0.687. The summed E-state index contributed by atoms with van der Waals surface area (Å²) in [6.45, 7) is 1.26. The van der Waals surface area contributed by atoms with Gasteiger partial charge in [-0.05, 0) is 13.3 Å². The van der Waals surface area contributed by atoms with Gasteiger partial charge < -0.3 is 21.3 Å². The predicted molar refractivity (Wildman–Crippen MR) is 83.6 cm³/mol. The molecule has 11 heteroatoms. The van der Waals surface area contributed by atoms with E-state index in [1.54, 1.807) is 0 Å². The summed E-state index contributed by atoms with van der Waals surface area (Å²) >= 11 is 7.73. The fourth-order valence-electron chi connectivity index (χ4n) is 1.32. The van der Waals surface area contributed by atoms with Gasteiger partial charge in [0.25, 0.3) is 5.91 Å². The molecule has 0 aromatic carbocycles. The largest absolute Gasteiger partial charge is 0.480 e. The molecule has 3 atom stereocenters. The Bertz CT molecular complexity index is 448. The number of carbonyl (C=O) groups is 4. The van der Waals surface area contributed by atoms with E-state index in [-0.39, 0.29) is 18.6 Å². The van der Waals surface area contributed by atoms with Crippen molar-refractivity contribution in [3.8, 4) is 0 Å². The zero-order valence-electron chi connectivity index (χ0n) is 11.8.